The van der Waals surface area contributed by atoms with Crippen LogP contribution in [0.4, 0.5) is 0 Å². The Hall–Kier alpha value is -2.15. The smallest absolute Gasteiger partial charge is 0.244 e. The van der Waals surface area contributed by atoms with E-state index < -0.39 is 10.0 Å². The van der Waals surface area contributed by atoms with Gasteiger partial charge in [0, 0.05) is 30.7 Å². The van der Waals surface area contributed by atoms with E-state index in [1.807, 2.05) is 30.3 Å². The molecule has 3 rings (SSSR count). The van der Waals surface area contributed by atoms with Gasteiger partial charge in [-0.05, 0) is 54.7 Å². The molecule has 0 spiro atoms. The monoisotopic (exact) mass is 446 g/mol. The number of nitrogens with one attached hydrogen (secondary N) is 1. The number of halogens is 1. The van der Waals surface area contributed by atoms with Gasteiger partial charge < -0.3 is 5.32 Å². The number of hydrogen-bond acceptors (Lipinski definition) is 3. The van der Waals surface area contributed by atoms with Crippen LogP contribution in [0.15, 0.2) is 59.5 Å². The van der Waals surface area contributed by atoms with Crippen molar-refractivity contribution in [3.05, 3.63) is 70.8 Å². The molecule has 7 heteroatoms. The second-order valence-corrected chi connectivity index (χ2v) is 9.70. The van der Waals surface area contributed by atoms with E-state index >= 15 is 0 Å². The summed E-state index contributed by atoms with van der Waals surface area (Å²) in [6, 6.07) is 14.3. The van der Waals surface area contributed by atoms with Gasteiger partial charge in [-0.15, -0.1) is 0 Å². The highest BCUT2D eigenvalue weighted by Crippen LogP contribution is 2.21. The molecule has 30 heavy (non-hydrogen) atoms. The van der Waals surface area contributed by atoms with Crippen molar-refractivity contribution in [3.8, 4) is 0 Å². The summed E-state index contributed by atoms with van der Waals surface area (Å²) in [6.45, 7) is 1.65. The Bertz CT molecular complexity index is 980. The molecule has 0 radical (unpaired) electrons. The summed E-state index contributed by atoms with van der Waals surface area (Å²) in [5.74, 6) is -0.199. The summed E-state index contributed by atoms with van der Waals surface area (Å²) < 4.78 is 27.2. The number of rotatable bonds is 7. The molecule has 2 aromatic carbocycles. The lowest BCUT2D eigenvalue weighted by molar-refractivity contribution is -0.116. The van der Waals surface area contributed by atoms with Crippen LogP contribution in [0.1, 0.15) is 36.8 Å². The van der Waals surface area contributed by atoms with Crippen LogP contribution in [-0.4, -0.2) is 38.3 Å². The zero-order valence-electron chi connectivity index (χ0n) is 16.9. The van der Waals surface area contributed by atoms with Crippen LogP contribution >= 0.6 is 11.6 Å². The second-order valence-electron chi connectivity index (χ2n) is 7.36. The fourth-order valence-electron chi connectivity index (χ4n) is 3.42. The topological polar surface area (TPSA) is 66.5 Å². The first-order chi connectivity index (χ1) is 14.5. The minimum atomic E-state index is -3.43. The van der Waals surface area contributed by atoms with Crippen molar-refractivity contribution < 1.29 is 13.2 Å². The molecule has 0 unspecified atom stereocenters. The number of amides is 1. The molecule has 0 aliphatic carbocycles. The summed E-state index contributed by atoms with van der Waals surface area (Å²) in [5, 5.41) is 3.42. The van der Waals surface area contributed by atoms with Gasteiger partial charge in [-0.1, -0.05) is 54.8 Å². The molecule has 1 aliphatic rings. The van der Waals surface area contributed by atoms with Crippen molar-refractivity contribution in [1.82, 2.24) is 9.62 Å². The lowest BCUT2D eigenvalue weighted by Gasteiger charge is -2.20. The van der Waals surface area contributed by atoms with Gasteiger partial charge in [-0.25, -0.2) is 8.42 Å². The summed E-state index contributed by atoms with van der Waals surface area (Å²) in [5.41, 5.74) is 1.76. The predicted molar refractivity (Wildman–Crippen MR) is 121 cm³/mol. The van der Waals surface area contributed by atoms with Crippen LogP contribution in [0.2, 0.25) is 5.02 Å². The molecule has 160 valence electrons. The summed E-state index contributed by atoms with van der Waals surface area (Å²) >= 11 is 6.07. The van der Waals surface area contributed by atoms with E-state index in [1.54, 1.807) is 28.6 Å². The molecule has 0 aromatic heterocycles. The van der Waals surface area contributed by atoms with Crippen LogP contribution in [0.25, 0.3) is 6.08 Å². The first-order valence-electron chi connectivity index (χ1n) is 10.3. The Balaban J connectivity index is 1.51. The number of nitrogens with zero attached hydrogens (tertiary/aromatic N) is 1. The third-order valence-corrected chi connectivity index (χ3v) is 7.42. The Morgan fingerprint density at radius 1 is 1.00 bits per heavy atom. The molecule has 2 aromatic rings. The van der Waals surface area contributed by atoms with E-state index in [0.717, 1.165) is 36.8 Å². The Morgan fingerprint density at radius 2 is 1.67 bits per heavy atom. The van der Waals surface area contributed by atoms with E-state index in [2.05, 4.69) is 5.32 Å². The maximum absolute atomic E-state index is 12.8. The van der Waals surface area contributed by atoms with E-state index in [1.165, 1.54) is 6.08 Å². The third-order valence-electron chi connectivity index (χ3n) is 5.16. The van der Waals surface area contributed by atoms with E-state index in [9.17, 15) is 13.2 Å². The van der Waals surface area contributed by atoms with Gasteiger partial charge in [0.15, 0.2) is 0 Å². The molecule has 1 amide bonds. The average molecular weight is 447 g/mol. The third kappa shape index (κ3) is 6.17. The standard InChI is InChI=1S/C23H27ClN2O3S/c24-22-8-4-3-7-20(22)11-14-23(27)25-16-15-19-9-12-21(13-10-19)30(28,29)26-17-5-1-2-6-18-26/h3-4,7-14H,1-2,5-6,15-18H2,(H,25,27)/b14-11+. The molecule has 5 nitrogen and oxygen atoms in total. The normalized spacial score (nSPS) is 15.8. The Morgan fingerprint density at radius 3 is 2.33 bits per heavy atom. The van der Waals surface area contributed by atoms with Crippen LogP contribution in [-0.2, 0) is 21.2 Å². The molecule has 0 saturated carbocycles. The van der Waals surface area contributed by atoms with Gasteiger partial charge in [0.1, 0.15) is 0 Å². The minimum Gasteiger partial charge on any atom is -0.352 e. The Labute approximate surface area is 183 Å². The molecule has 0 atom stereocenters. The number of hydrogen-bond donors (Lipinski definition) is 1. The fourth-order valence-corrected chi connectivity index (χ4v) is 5.14. The van der Waals surface area contributed by atoms with Crippen molar-refractivity contribution >= 4 is 33.6 Å². The van der Waals surface area contributed by atoms with Gasteiger partial charge in [0.25, 0.3) is 0 Å². The molecule has 1 heterocycles. The van der Waals surface area contributed by atoms with Gasteiger partial charge >= 0.3 is 0 Å². The zero-order chi connectivity index (χ0) is 21.4. The van der Waals surface area contributed by atoms with Crippen molar-refractivity contribution in [2.75, 3.05) is 19.6 Å². The number of sulfonamides is 1. The summed E-state index contributed by atoms with van der Waals surface area (Å²) in [6.07, 6.45) is 7.77. The van der Waals surface area contributed by atoms with Crippen molar-refractivity contribution in [2.45, 2.75) is 37.0 Å². The summed E-state index contributed by atoms with van der Waals surface area (Å²) in [7, 11) is -3.43. The maximum atomic E-state index is 12.8. The van der Waals surface area contributed by atoms with Gasteiger partial charge in [0.2, 0.25) is 15.9 Å². The first-order valence-corrected chi connectivity index (χ1v) is 12.1. The largest absolute Gasteiger partial charge is 0.352 e. The fraction of sp³-hybridized carbons (Fsp3) is 0.348. The highest BCUT2D eigenvalue weighted by molar-refractivity contribution is 7.89. The zero-order valence-corrected chi connectivity index (χ0v) is 18.5. The SMILES string of the molecule is O=C(/C=C/c1ccccc1Cl)NCCc1ccc(S(=O)(=O)N2CCCCCC2)cc1. The summed E-state index contributed by atoms with van der Waals surface area (Å²) in [4.78, 5) is 12.3. The van der Waals surface area contributed by atoms with Gasteiger partial charge in [-0.2, -0.15) is 4.31 Å². The van der Waals surface area contributed by atoms with E-state index in [4.69, 9.17) is 11.6 Å². The van der Waals surface area contributed by atoms with Crippen molar-refractivity contribution in [1.29, 1.82) is 0 Å². The lowest BCUT2D eigenvalue weighted by Crippen LogP contribution is -2.31. The first kappa shape index (κ1) is 22.5. The molecular weight excluding hydrogens is 420 g/mol. The van der Waals surface area contributed by atoms with Crippen molar-refractivity contribution in [3.63, 3.8) is 0 Å². The van der Waals surface area contributed by atoms with Crippen LogP contribution < -0.4 is 5.32 Å². The molecule has 1 fully saturated rings. The van der Waals surface area contributed by atoms with Gasteiger partial charge in [0.05, 0.1) is 4.90 Å². The van der Waals surface area contributed by atoms with Crippen molar-refractivity contribution in [2.24, 2.45) is 0 Å². The van der Waals surface area contributed by atoms with Crippen LogP contribution in [0.5, 0.6) is 0 Å². The molecule has 1 N–H and O–H groups in total. The van der Waals surface area contributed by atoms with Crippen LogP contribution in [0.3, 0.4) is 0 Å². The van der Waals surface area contributed by atoms with Gasteiger partial charge in [-0.3, -0.25) is 4.79 Å². The predicted octanol–water partition coefficient (Wildman–Crippen LogP) is 4.28. The minimum absolute atomic E-state index is 0.199. The molecule has 1 saturated heterocycles. The molecular formula is C23H27ClN2O3S. The molecule has 1 aliphatic heterocycles. The van der Waals surface area contributed by atoms with E-state index in [0.29, 0.717) is 36.0 Å². The highest BCUT2D eigenvalue weighted by Gasteiger charge is 2.24. The maximum Gasteiger partial charge on any atom is 0.244 e. The Kier molecular flexibility index (Phi) is 8.08. The number of carbonyl (C=O) groups is 1. The quantitative estimate of drug-likeness (QED) is 0.645. The number of carbonyl (C=O) groups excluding carboxylic acids is 1. The van der Waals surface area contributed by atoms with Crippen LogP contribution in [0, 0.1) is 0 Å². The molecule has 0 bridgehead atoms. The lowest BCUT2D eigenvalue weighted by atomic mass is 10.1. The average Bonchev–Trinajstić information content (AvgIpc) is 3.04. The highest BCUT2D eigenvalue weighted by atomic mass is 35.5. The number of benzene rings is 2. The second kappa shape index (κ2) is 10.8. The van der Waals surface area contributed by atoms with E-state index in [-0.39, 0.29) is 5.91 Å².